The fourth-order valence-corrected chi connectivity index (χ4v) is 1.58. The molecule has 1 aliphatic carbocycles. The summed E-state index contributed by atoms with van der Waals surface area (Å²) in [5, 5.41) is 0. The van der Waals surface area contributed by atoms with Crippen LogP contribution >= 0.6 is 0 Å². The summed E-state index contributed by atoms with van der Waals surface area (Å²) in [5.41, 5.74) is 1.50. The monoisotopic (exact) mass is 176 g/mol. The van der Waals surface area contributed by atoms with Gasteiger partial charge in [-0.15, -0.1) is 0 Å². The zero-order valence-corrected chi connectivity index (χ0v) is 8.96. The van der Waals surface area contributed by atoms with Gasteiger partial charge in [-0.2, -0.15) is 0 Å². The third-order valence-electron chi connectivity index (χ3n) is 2.76. The predicted octanol–water partition coefficient (Wildman–Crippen LogP) is 4.11. The van der Waals surface area contributed by atoms with Gasteiger partial charge in [0.15, 0.2) is 0 Å². The van der Waals surface area contributed by atoms with Crippen LogP contribution in [0.1, 0.15) is 33.6 Å². The van der Waals surface area contributed by atoms with Gasteiger partial charge >= 0.3 is 0 Å². The van der Waals surface area contributed by atoms with Crippen molar-refractivity contribution in [1.29, 1.82) is 0 Å². The van der Waals surface area contributed by atoms with E-state index in [2.05, 4.69) is 51.2 Å². The van der Waals surface area contributed by atoms with Crippen molar-refractivity contribution in [3.8, 4) is 0 Å². The zero-order valence-electron chi connectivity index (χ0n) is 8.96. The molecule has 1 rings (SSSR count). The first-order valence-electron chi connectivity index (χ1n) is 5.24. The minimum atomic E-state index is 0.713. The summed E-state index contributed by atoms with van der Waals surface area (Å²) in [5.74, 6) is 1.43. The molecule has 0 amide bonds. The van der Waals surface area contributed by atoms with Gasteiger partial charge < -0.3 is 0 Å². The third kappa shape index (κ3) is 3.22. The van der Waals surface area contributed by atoms with Crippen LogP contribution in [-0.4, -0.2) is 0 Å². The Bertz CT molecular complexity index is 230. The second kappa shape index (κ2) is 5.06. The van der Waals surface area contributed by atoms with Crippen LogP contribution in [0.5, 0.6) is 0 Å². The number of hydrogen-bond donors (Lipinski definition) is 0. The molecule has 0 radical (unpaired) electrons. The summed E-state index contributed by atoms with van der Waals surface area (Å²) in [6.45, 7) is 6.65. The Hall–Kier alpha value is -0.780. The fraction of sp³-hybridized carbons (Fsp3) is 0.538. The lowest BCUT2D eigenvalue weighted by atomic mass is 9.87. The van der Waals surface area contributed by atoms with Crippen LogP contribution in [0.25, 0.3) is 0 Å². The van der Waals surface area contributed by atoms with Gasteiger partial charge in [-0.1, -0.05) is 49.8 Å². The van der Waals surface area contributed by atoms with Crippen LogP contribution in [-0.2, 0) is 0 Å². The first-order valence-corrected chi connectivity index (χ1v) is 5.24. The average Bonchev–Trinajstić information content (AvgIpc) is 2.12. The molecule has 13 heavy (non-hydrogen) atoms. The molecule has 0 saturated carbocycles. The molecule has 0 bridgehead atoms. The molecule has 1 aliphatic rings. The molecule has 0 saturated heterocycles. The molecule has 0 spiro atoms. The van der Waals surface area contributed by atoms with E-state index in [1.165, 1.54) is 18.4 Å². The van der Waals surface area contributed by atoms with Crippen molar-refractivity contribution in [2.75, 3.05) is 0 Å². The molecule has 0 aliphatic heterocycles. The van der Waals surface area contributed by atoms with Crippen molar-refractivity contribution >= 4 is 0 Å². The summed E-state index contributed by atoms with van der Waals surface area (Å²) < 4.78 is 0. The minimum Gasteiger partial charge on any atom is -0.0917 e. The molecular formula is C13H20. The number of rotatable bonds is 3. The predicted molar refractivity (Wildman–Crippen MR) is 59.6 cm³/mol. The van der Waals surface area contributed by atoms with Gasteiger partial charge in [-0.05, 0) is 31.6 Å². The Balaban J connectivity index is 2.43. The highest BCUT2D eigenvalue weighted by Crippen LogP contribution is 2.24. The van der Waals surface area contributed by atoms with Gasteiger partial charge in [0, 0.05) is 0 Å². The van der Waals surface area contributed by atoms with Gasteiger partial charge in [0.2, 0.25) is 0 Å². The van der Waals surface area contributed by atoms with Crippen molar-refractivity contribution in [2.24, 2.45) is 11.8 Å². The highest BCUT2D eigenvalue weighted by molar-refractivity contribution is 5.25. The average molecular weight is 176 g/mol. The van der Waals surface area contributed by atoms with Gasteiger partial charge in [-0.3, -0.25) is 0 Å². The molecule has 72 valence electrons. The highest BCUT2D eigenvalue weighted by atomic mass is 14.2. The van der Waals surface area contributed by atoms with E-state index in [-0.39, 0.29) is 0 Å². The lowest BCUT2D eigenvalue weighted by Crippen LogP contribution is -2.06. The van der Waals surface area contributed by atoms with Gasteiger partial charge in [0.05, 0.1) is 0 Å². The fourth-order valence-electron chi connectivity index (χ4n) is 1.58. The maximum atomic E-state index is 2.41. The van der Waals surface area contributed by atoms with E-state index in [1.54, 1.807) is 0 Å². The van der Waals surface area contributed by atoms with Crippen LogP contribution in [0.2, 0.25) is 0 Å². The lowest BCUT2D eigenvalue weighted by molar-refractivity contribution is 0.546. The SMILES string of the molecule is C/C=C/CCC1=C[C@@H](C)[C@@H](C)C=C1. The largest absolute Gasteiger partial charge is 0.0917 e. The van der Waals surface area contributed by atoms with E-state index in [1.807, 2.05) is 0 Å². The van der Waals surface area contributed by atoms with Crippen LogP contribution in [0.15, 0.2) is 36.0 Å². The molecule has 0 unspecified atom stereocenters. The second-order valence-corrected chi connectivity index (χ2v) is 3.93. The maximum absolute atomic E-state index is 2.41. The van der Waals surface area contributed by atoms with Crippen molar-refractivity contribution < 1.29 is 0 Å². The Morgan fingerprint density at radius 3 is 2.69 bits per heavy atom. The molecule has 0 N–H and O–H groups in total. The van der Waals surface area contributed by atoms with Gasteiger partial charge in [0.25, 0.3) is 0 Å². The summed E-state index contributed by atoms with van der Waals surface area (Å²) in [4.78, 5) is 0. The van der Waals surface area contributed by atoms with E-state index >= 15 is 0 Å². The number of allylic oxidation sites excluding steroid dienone is 6. The Morgan fingerprint density at radius 1 is 1.31 bits per heavy atom. The lowest BCUT2D eigenvalue weighted by Gasteiger charge is -2.18. The Kier molecular flexibility index (Phi) is 4.01. The quantitative estimate of drug-likeness (QED) is 0.568. The van der Waals surface area contributed by atoms with E-state index in [4.69, 9.17) is 0 Å². The number of hydrogen-bond acceptors (Lipinski definition) is 0. The molecule has 0 aromatic rings. The molecule has 0 aromatic heterocycles. The summed E-state index contributed by atoms with van der Waals surface area (Å²) in [6.07, 6.45) is 13.8. The Labute approximate surface area is 82.0 Å². The first kappa shape index (κ1) is 10.3. The molecule has 0 aromatic carbocycles. The first-order chi connectivity index (χ1) is 6.24. The molecule has 2 atom stereocenters. The van der Waals surface area contributed by atoms with E-state index in [9.17, 15) is 0 Å². The highest BCUT2D eigenvalue weighted by Gasteiger charge is 2.10. The summed E-state index contributed by atoms with van der Waals surface area (Å²) >= 11 is 0. The third-order valence-corrected chi connectivity index (χ3v) is 2.76. The molecule has 0 heteroatoms. The maximum Gasteiger partial charge on any atom is -0.0196 e. The Morgan fingerprint density at radius 2 is 2.08 bits per heavy atom. The molecular weight excluding hydrogens is 156 g/mol. The molecule has 0 fully saturated rings. The smallest absolute Gasteiger partial charge is 0.0196 e. The van der Waals surface area contributed by atoms with Crippen LogP contribution in [0.3, 0.4) is 0 Å². The molecule has 0 nitrogen and oxygen atoms in total. The zero-order chi connectivity index (χ0) is 9.68. The molecule has 0 heterocycles. The topological polar surface area (TPSA) is 0 Å². The van der Waals surface area contributed by atoms with Crippen molar-refractivity contribution in [1.82, 2.24) is 0 Å². The van der Waals surface area contributed by atoms with E-state index in [0.717, 1.165) is 0 Å². The normalized spacial score (nSPS) is 28.1. The summed E-state index contributed by atoms with van der Waals surface area (Å²) in [6, 6.07) is 0. The minimum absolute atomic E-state index is 0.713. The van der Waals surface area contributed by atoms with Crippen molar-refractivity contribution in [2.45, 2.75) is 33.6 Å². The van der Waals surface area contributed by atoms with Crippen molar-refractivity contribution in [3.63, 3.8) is 0 Å². The van der Waals surface area contributed by atoms with Crippen LogP contribution < -0.4 is 0 Å². The van der Waals surface area contributed by atoms with Gasteiger partial charge in [-0.25, -0.2) is 0 Å². The summed E-state index contributed by atoms with van der Waals surface area (Å²) in [7, 11) is 0. The van der Waals surface area contributed by atoms with E-state index in [0.29, 0.717) is 11.8 Å². The van der Waals surface area contributed by atoms with Crippen LogP contribution in [0, 0.1) is 11.8 Å². The van der Waals surface area contributed by atoms with Gasteiger partial charge in [0.1, 0.15) is 0 Å². The standard InChI is InChI=1S/C13H20/c1-4-5-6-7-13-9-8-11(2)12(3)10-13/h4-5,8-12H,6-7H2,1-3H3/b5-4+/t11-,12+/m0/s1. The second-order valence-electron chi connectivity index (χ2n) is 3.93. The van der Waals surface area contributed by atoms with E-state index < -0.39 is 0 Å². The van der Waals surface area contributed by atoms with Crippen LogP contribution in [0.4, 0.5) is 0 Å². The van der Waals surface area contributed by atoms with Crippen molar-refractivity contribution in [3.05, 3.63) is 36.0 Å².